The number of amides is 1. The molecule has 2 aromatic carbocycles. The van der Waals surface area contributed by atoms with Gasteiger partial charge in [-0.3, -0.25) is 4.79 Å². The van der Waals surface area contributed by atoms with Gasteiger partial charge in [0, 0.05) is 30.7 Å². The molecular weight excluding hydrogens is 344 g/mol. The lowest BCUT2D eigenvalue weighted by Crippen LogP contribution is -2.24. The number of aryl methyl sites for hydroxylation is 1. The molecule has 6 nitrogen and oxygen atoms in total. The average Bonchev–Trinajstić information content (AvgIpc) is 3.01. The van der Waals surface area contributed by atoms with E-state index in [1.807, 2.05) is 54.2 Å². The maximum Gasteiger partial charge on any atom is 0.224 e. The molecule has 0 atom stereocenters. The summed E-state index contributed by atoms with van der Waals surface area (Å²) in [4.78, 5) is 12.5. The molecule has 0 radical (unpaired) electrons. The van der Waals surface area contributed by atoms with Gasteiger partial charge in [-0.1, -0.05) is 18.2 Å². The van der Waals surface area contributed by atoms with Crippen LogP contribution in [0.4, 0.5) is 0 Å². The van der Waals surface area contributed by atoms with Crippen LogP contribution in [0.2, 0.25) is 0 Å². The molecule has 1 N–H and O–H groups in total. The molecule has 0 saturated carbocycles. The number of nitrogens with one attached hydrogen (secondary N) is 1. The number of aromatic nitrogens is 1. The number of carbonyl (C=O) groups is 1. The Bertz CT molecular complexity index is 937. The summed E-state index contributed by atoms with van der Waals surface area (Å²) in [6, 6.07) is 11.7. The lowest BCUT2D eigenvalue weighted by molar-refractivity contribution is -0.120. The molecule has 6 heteroatoms. The van der Waals surface area contributed by atoms with Gasteiger partial charge in [-0.15, -0.1) is 0 Å². The van der Waals surface area contributed by atoms with Gasteiger partial charge in [-0.25, -0.2) is 0 Å². The minimum Gasteiger partial charge on any atom is -0.493 e. The number of para-hydroxylation sites is 1. The van der Waals surface area contributed by atoms with Gasteiger partial charge in [0.15, 0.2) is 11.5 Å². The number of nitrogens with zero attached hydrogens (tertiary/aromatic N) is 1. The van der Waals surface area contributed by atoms with Gasteiger partial charge in [-0.05, 0) is 29.3 Å². The molecule has 0 fully saturated rings. The highest BCUT2D eigenvalue weighted by Gasteiger charge is 2.14. The number of carbonyl (C=O) groups excluding carboxylic acids is 1. The van der Waals surface area contributed by atoms with E-state index in [9.17, 15) is 4.79 Å². The number of fused-ring (bicyclic) bond motifs is 1. The smallest absolute Gasteiger partial charge is 0.224 e. The Hall–Kier alpha value is -3.15. The third kappa shape index (κ3) is 3.84. The van der Waals surface area contributed by atoms with E-state index in [1.54, 1.807) is 21.3 Å². The van der Waals surface area contributed by atoms with Crippen molar-refractivity contribution in [2.24, 2.45) is 7.05 Å². The fourth-order valence-electron chi connectivity index (χ4n) is 3.24. The molecule has 1 heterocycles. The largest absolute Gasteiger partial charge is 0.493 e. The summed E-state index contributed by atoms with van der Waals surface area (Å²) in [6.45, 7) is 0.375. The van der Waals surface area contributed by atoms with E-state index in [-0.39, 0.29) is 5.91 Å². The summed E-state index contributed by atoms with van der Waals surface area (Å²) < 4.78 is 18.1. The first-order chi connectivity index (χ1) is 13.1. The Morgan fingerprint density at radius 3 is 2.33 bits per heavy atom. The second-order valence-electron chi connectivity index (χ2n) is 6.27. The predicted octanol–water partition coefficient (Wildman–Crippen LogP) is 3.06. The van der Waals surface area contributed by atoms with E-state index in [1.165, 1.54) is 0 Å². The van der Waals surface area contributed by atoms with Gasteiger partial charge >= 0.3 is 0 Å². The quantitative estimate of drug-likeness (QED) is 0.696. The van der Waals surface area contributed by atoms with Crippen LogP contribution in [0.5, 0.6) is 17.2 Å². The van der Waals surface area contributed by atoms with Gasteiger partial charge < -0.3 is 24.1 Å². The Kier molecular flexibility index (Phi) is 5.54. The average molecular weight is 368 g/mol. The SMILES string of the molecule is COc1cc(CNC(=O)Cc2cn(C)c3ccccc23)cc(OC)c1OC. The van der Waals surface area contributed by atoms with E-state index in [0.29, 0.717) is 30.2 Å². The van der Waals surface area contributed by atoms with Crippen molar-refractivity contribution in [1.82, 2.24) is 9.88 Å². The van der Waals surface area contributed by atoms with Gasteiger partial charge in [-0.2, -0.15) is 0 Å². The fraction of sp³-hybridized carbons (Fsp3) is 0.286. The third-order valence-corrected chi connectivity index (χ3v) is 4.54. The highest BCUT2D eigenvalue weighted by molar-refractivity contribution is 5.89. The van der Waals surface area contributed by atoms with Crippen LogP contribution in [0, 0.1) is 0 Å². The third-order valence-electron chi connectivity index (χ3n) is 4.54. The van der Waals surface area contributed by atoms with Crippen molar-refractivity contribution < 1.29 is 19.0 Å². The van der Waals surface area contributed by atoms with E-state index in [4.69, 9.17) is 14.2 Å². The van der Waals surface area contributed by atoms with Crippen molar-refractivity contribution in [2.45, 2.75) is 13.0 Å². The number of ether oxygens (including phenoxy) is 3. The molecule has 0 aliphatic carbocycles. The van der Waals surface area contributed by atoms with E-state index in [2.05, 4.69) is 5.32 Å². The maximum atomic E-state index is 12.5. The first-order valence-electron chi connectivity index (χ1n) is 8.66. The zero-order chi connectivity index (χ0) is 19.4. The summed E-state index contributed by atoms with van der Waals surface area (Å²) in [5, 5.41) is 4.06. The molecule has 0 unspecified atom stereocenters. The summed E-state index contributed by atoms with van der Waals surface area (Å²) in [5.41, 5.74) is 3.00. The standard InChI is InChI=1S/C21H24N2O4/c1-23-13-15(16-7-5-6-8-17(16)23)11-20(24)22-12-14-9-18(25-2)21(27-4)19(10-14)26-3/h5-10,13H,11-12H2,1-4H3,(H,22,24). The zero-order valence-electron chi connectivity index (χ0n) is 16.0. The Labute approximate surface area is 158 Å². The van der Waals surface area contributed by atoms with Gasteiger partial charge in [0.2, 0.25) is 11.7 Å². The molecule has 3 rings (SSSR count). The topological polar surface area (TPSA) is 61.7 Å². The number of rotatable bonds is 7. The van der Waals surface area contributed by atoms with Crippen LogP contribution < -0.4 is 19.5 Å². The molecule has 142 valence electrons. The van der Waals surface area contributed by atoms with Crippen molar-refractivity contribution in [2.75, 3.05) is 21.3 Å². The summed E-state index contributed by atoms with van der Waals surface area (Å²) in [6.07, 6.45) is 2.33. The van der Waals surface area contributed by atoms with Crippen LogP contribution in [0.25, 0.3) is 10.9 Å². The van der Waals surface area contributed by atoms with E-state index >= 15 is 0 Å². The monoisotopic (exact) mass is 368 g/mol. The predicted molar refractivity (Wildman–Crippen MR) is 105 cm³/mol. The molecule has 0 aliphatic heterocycles. The van der Waals surface area contributed by atoms with Crippen molar-refractivity contribution in [3.8, 4) is 17.2 Å². The van der Waals surface area contributed by atoms with E-state index < -0.39 is 0 Å². The molecule has 0 saturated heterocycles. The Balaban J connectivity index is 1.72. The molecule has 1 aromatic heterocycles. The summed E-state index contributed by atoms with van der Waals surface area (Å²) in [5.74, 6) is 1.62. The Morgan fingerprint density at radius 2 is 1.70 bits per heavy atom. The van der Waals surface area contributed by atoms with Crippen LogP contribution in [0.3, 0.4) is 0 Å². The van der Waals surface area contributed by atoms with Gasteiger partial charge in [0.1, 0.15) is 0 Å². The maximum absolute atomic E-state index is 12.5. The summed E-state index contributed by atoms with van der Waals surface area (Å²) in [7, 11) is 6.69. The number of benzene rings is 2. The molecule has 27 heavy (non-hydrogen) atoms. The first-order valence-corrected chi connectivity index (χ1v) is 8.66. The zero-order valence-corrected chi connectivity index (χ0v) is 16.0. The molecule has 0 spiro atoms. The molecular formula is C21H24N2O4. The van der Waals surface area contributed by atoms with Crippen molar-refractivity contribution in [3.63, 3.8) is 0 Å². The highest BCUT2D eigenvalue weighted by Crippen LogP contribution is 2.38. The highest BCUT2D eigenvalue weighted by atomic mass is 16.5. The summed E-state index contributed by atoms with van der Waals surface area (Å²) >= 11 is 0. The molecule has 1 amide bonds. The lowest BCUT2D eigenvalue weighted by Gasteiger charge is -2.14. The molecule has 0 bridgehead atoms. The minimum absolute atomic E-state index is 0.0416. The lowest BCUT2D eigenvalue weighted by atomic mass is 10.1. The van der Waals surface area contributed by atoms with Crippen LogP contribution in [-0.2, 0) is 24.8 Å². The van der Waals surface area contributed by atoms with Gasteiger partial charge in [0.25, 0.3) is 0 Å². The van der Waals surface area contributed by atoms with Crippen LogP contribution in [0.1, 0.15) is 11.1 Å². The number of methoxy groups -OCH3 is 3. The van der Waals surface area contributed by atoms with Crippen LogP contribution >= 0.6 is 0 Å². The minimum atomic E-state index is -0.0416. The number of hydrogen-bond donors (Lipinski definition) is 1. The normalized spacial score (nSPS) is 10.7. The molecule has 0 aliphatic rings. The van der Waals surface area contributed by atoms with E-state index in [0.717, 1.165) is 22.0 Å². The first kappa shape index (κ1) is 18.6. The van der Waals surface area contributed by atoms with Crippen molar-refractivity contribution >= 4 is 16.8 Å². The number of hydrogen-bond acceptors (Lipinski definition) is 4. The van der Waals surface area contributed by atoms with Crippen LogP contribution in [-0.4, -0.2) is 31.8 Å². The van der Waals surface area contributed by atoms with Crippen molar-refractivity contribution in [1.29, 1.82) is 0 Å². The van der Waals surface area contributed by atoms with Gasteiger partial charge in [0.05, 0.1) is 27.8 Å². The second-order valence-corrected chi connectivity index (χ2v) is 6.27. The second kappa shape index (κ2) is 8.03. The molecule has 3 aromatic rings. The van der Waals surface area contributed by atoms with Crippen molar-refractivity contribution in [3.05, 3.63) is 53.7 Å². The Morgan fingerprint density at radius 1 is 1.04 bits per heavy atom. The van der Waals surface area contributed by atoms with Crippen LogP contribution in [0.15, 0.2) is 42.6 Å². The fourth-order valence-corrected chi connectivity index (χ4v) is 3.24.